The van der Waals surface area contributed by atoms with E-state index in [1.165, 1.54) is 12.3 Å². The number of hydrogen-bond acceptors (Lipinski definition) is 5. The third kappa shape index (κ3) is 4.02. The first-order valence-corrected chi connectivity index (χ1v) is 7.30. The summed E-state index contributed by atoms with van der Waals surface area (Å²) in [5, 5.41) is 6.25. The minimum atomic E-state index is -0.610. The van der Waals surface area contributed by atoms with Gasteiger partial charge in [-0.1, -0.05) is 0 Å². The van der Waals surface area contributed by atoms with Crippen molar-refractivity contribution in [1.29, 1.82) is 0 Å². The standard InChI is InChI=1S/C15H22N4O3/c1-22-10-15(4-6-17-7-5-15)9-19-14(21)11-2-3-12(13(16)20)18-8-11/h2-3,8,17H,4-7,9-10H2,1H3,(H2,16,20)(H,19,21). The zero-order valence-electron chi connectivity index (χ0n) is 12.7. The molecule has 1 aromatic rings. The molecule has 22 heavy (non-hydrogen) atoms. The second-order valence-electron chi connectivity index (χ2n) is 5.66. The number of rotatable bonds is 6. The second kappa shape index (κ2) is 7.33. The van der Waals surface area contributed by atoms with E-state index in [-0.39, 0.29) is 17.0 Å². The van der Waals surface area contributed by atoms with Crippen molar-refractivity contribution in [3.05, 3.63) is 29.6 Å². The van der Waals surface area contributed by atoms with Gasteiger partial charge in [0.2, 0.25) is 0 Å². The molecule has 0 aliphatic carbocycles. The van der Waals surface area contributed by atoms with Gasteiger partial charge in [-0.05, 0) is 38.1 Å². The molecule has 0 aromatic carbocycles. The van der Waals surface area contributed by atoms with Crippen LogP contribution in [-0.2, 0) is 4.74 Å². The van der Waals surface area contributed by atoms with Gasteiger partial charge in [-0.3, -0.25) is 14.6 Å². The molecule has 0 bridgehead atoms. The van der Waals surface area contributed by atoms with Crippen LogP contribution in [-0.4, -0.2) is 50.1 Å². The normalized spacial score (nSPS) is 17.0. The van der Waals surface area contributed by atoms with Crippen molar-refractivity contribution < 1.29 is 14.3 Å². The van der Waals surface area contributed by atoms with Crippen LogP contribution in [0.15, 0.2) is 18.3 Å². The Bertz CT molecular complexity index is 519. The highest BCUT2D eigenvalue weighted by Crippen LogP contribution is 2.28. The lowest BCUT2D eigenvalue weighted by molar-refractivity contribution is 0.0511. The number of nitrogens with one attached hydrogen (secondary N) is 2. The molecule has 0 atom stereocenters. The van der Waals surface area contributed by atoms with E-state index in [1.807, 2.05) is 0 Å². The molecule has 1 saturated heterocycles. The highest BCUT2D eigenvalue weighted by Gasteiger charge is 2.32. The van der Waals surface area contributed by atoms with E-state index < -0.39 is 5.91 Å². The maximum Gasteiger partial charge on any atom is 0.267 e. The SMILES string of the molecule is COCC1(CNC(=O)c2ccc(C(N)=O)nc2)CCNCC1. The third-order valence-electron chi connectivity index (χ3n) is 4.02. The molecule has 1 aromatic heterocycles. The first-order valence-electron chi connectivity index (χ1n) is 7.30. The molecule has 1 fully saturated rings. The van der Waals surface area contributed by atoms with Crippen LogP contribution in [0.4, 0.5) is 0 Å². The van der Waals surface area contributed by atoms with E-state index in [9.17, 15) is 9.59 Å². The van der Waals surface area contributed by atoms with E-state index in [0.717, 1.165) is 25.9 Å². The lowest BCUT2D eigenvalue weighted by Crippen LogP contribution is -2.47. The quantitative estimate of drug-likeness (QED) is 0.682. The monoisotopic (exact) mass is 306 g/mol. The van der Waals surface area contributed by atoms with E-state index in [4.69, 9.17) is 10.5 Å². The number of methoxy groups -OCH3 is 1. The molecule has 4 N–H and O–H groups in total. The van der Waals surface area contributed by atoms with Crippen LogP contribution >= 0.6 is 0 Å². The Hall–Kier alpha value is -1.99. The second-order valence-corrected chi connectivity index (χ2v) is 5.66. The van der Waals surface area contributed by atoms with Crippen molar-refractivity contribution in [2.75, 3.05) is 33.4 Å². The third-order valence-corrected chi connectivity index (χ3v) is 4.02. The van der Waals surface area contributed by atoms with Crippen molar-refractivity contribution in [3.8, 4) is 0 Å². The summed E-state index contributed by atoms with van der Waals surface area (Å²) in [6.45, 7) is 3.02. The highest BCUT2D eigenvalue weighted by molar-refractivity contribution is 5.95. The Labute approximate surface area is 129 Å². The van der Waals surface area contributed by atoms with Gasteiger partial charge in [0.15, 0.2) is 0 Å². The van der Waals surface area contributed by atoms with Crippen LogP contribution in [0.25, 0.3) is 0 Å². The Morgan fingerprint density at radius 3 is 2.68 bits per heavy atom. The number of hydrogen-bond donors (Lipinski definition) is 3. The van der Waals surface area contributed by atoms with Gasteiger partial charge in [-0.2, -0.15) is 0 Å². The summed E-state index contributed by atoms with van der Waals surface area (Å²) in [6.07, 6.45) is 3.28. The highest BCUT2D eigenvalue weighted by atomic mass is 16.5. The van der Waals surface area contributed by atoms with Gasteiger partial charge in [-0.15, -0.1) is 0 Å². The summed E-state index contributed by atoms with van der Waals surface area (Å²) < 4.78 is 5.32. The van der Waals surface area contributed by atoms with Gasteiger partial charge >= 0.3 is 0 Å². The molecule has 7 heteroatoms. The number of amides is 2. The van der Waals surface area contributed by atoms with Crippen LogP contribution in [0.2, 0.25) is 0 Å². The van der Waals surface area contributed by atoms with Crippen molar-refractivity contribution in [2.24, 2.45) is 11.1 Å². The molecule has 7 nitrogen and oxygen atoms in total. The summed E-state index contributed by atoms with van der Waals surface area (Å²) >= 11 is 0. The number of ether oxygens (including phenoxy) is 1. The number of carbonyl (C=O) groups is 2. The van der Waals surface area contributed by atoms with Crippen LogP contribution in [0.5, 0.6) is 0 Å². The van der Waals surface area contributed by atoms with Gasteiger partial charge in [0.1, 0.15) is 5.69 Å². The number of pyridine rings is 1. The lowest BCUT2D eigenvalue weighted by atomic mass is 9.79. The molecule has 2 rings (SSSR count). The Morgan fingerprint density at radius 2 is 2.14 bits per heavy atom. The topological polar surface area (TPSA) is 106 Å². The van der Waals surface area contributed by atoms with E-state index >= 15 is 0 Å². The average Bonchev–Trinajstić information content (AvgIpc) is 2.54. The summed E-state index contributed by atoms with van der Waals surface area (Å²) in [6, 6.07) is 3.00. The molecule has 0 radical (unpaired) electrons. The maximum absolute atomic E-state index is 12.2. The molecule has 1 aliphatic heterocycles. The summed E-state index contributed by atoms with van der Waals surface area (Å²) in [5.74, 6) is -0.821. The first-order chi connectivity index (χ1) is 10.6. The van der Waals surface area contributed by atoms with Gasteiger partial charge in [0, 0.05) is 25.3 Å². The molecular formula is C15H22N4O3. The van der Waals surface area contributed by atoms with Gasteiger partial charge in [0.05, 0.1) is 12.2 Å². The molecule has 2 heterocycles. The van der Waals surface area contributed by atoms with Gasteiger partial charge in [-0.25, -0.2) is 0 Å². The number of nitrogens with zero attached hydrogens (tertiary/aromatic N) is 1. The Kier molecular flexibility index (Phi) is 5.46. The average molecular weight is 306 g/mol. The minimum Gasteiger partial charge on any atom is -0.384 e. The zero-order chi connectivity index (χ0) is 16.0. The molecule has 120 valence electrons. The smallest absolute Gasteiger partial charge is 0.267 e. The van der Waals surface area contributed by atoms with Crippen molar-refractivity contribution in [2.45, 2.75) is 12.8 Å². The lowest BCUT2D eigenvalue weighted by Gasteiger charge is -2.37. The van der Waals surface area contributed by atoms with Gasteiger partial charge in [0.25, 0.3) is 11.8 Å². The maximum atomic E-state index is 12.2. The molecule has 0 saturated carbocycles. The van der Waals surface area contributed by atoms with Crippen molar-refractivity contribution >= 4 is 11.8 Å². The molecular weight excluding hydrogens is 284 g/mol. The predicted octanol–water partition coefficient (Wildman–Crippen LogP) is -0.0735. The largest absolute Gasteiger partial charge is 0.384 e. The van der Waals surface area contributed by atoms with E-state index in [2.05, 4.69) is 15.6 Å². The van der Waals surface area contributed by atoms with E-state index in [1.54, 1.807) is 13.2 Å². The molecule has 0 spiro atoms. The summed E-state index contributed by atoms with van der Waals surface area (Å²) in [7, 11) is 1.68. The fraction of sp³-hybridized carbons (Fsp3) is 0.533. The summed E-state index contributed by atoms with van der Waals surface area (Å²) in [5.41, 5.74) is 5.65. The number of primary amides is 1. The summed E-state index contributed by atoms with van der Waals surface area (Å²) in [4.78, 5) is 27.0. The van der Waals surface area contributed by atoms with Crippen LogP contribution < -0.4 is 16.4 Å². The van der Waals surface area contributed by atoms with Crippen molar-refractivity contribution in [3.63, 3.8) is 0 Å². The first kappa shape index (κ1) is 16.4. The number of nitrogens with two attached hydrogens (primary N) is 1. The van der Waals surface area contributed by atoms with Gasteiger partial charge < -0.3 is 21.1 Å². The van der Waals surface area contributed by atoms with E-state index in [0.29, 0.717) is 18.7 Å². The van der Waals surface area contributed by atoms with Crippen molar-refractivity contribution in [1.82, 2.24) is 15.6 Å². The molecule has 1 aliphatic rings. The fourth-order valence-electron chi connectivity index (χ4n) is 2.68. The number of piperidine rings is 1. The number of aromatic nitrogens is 1. The number of carbonyl (C=O) groups excluding carboxylic acids is 2. The Balaban J connectivity index is 1.97. The molecule has 2 amide bonds. The van der Waals surface area contributed by atoms with Crippen LogP contribution in [0, 0.1) is 5.41 Å². The minimum absolute atomic E-state index is 0.0315. The predicted molar refractivity (Wildman–Crippen MR) is 81.5 cm³/mol. The zero-order valence-corrected chi connectivity index (χ0v) is 12.7. The Morgan fingerprint density at radius 1 is 1.41 bits per heavy atom. The fourth-order valence-corrected chi connectivity index (χ4v) is 2.68. The molecule has 0 unspecified atom stereocenters. The van der Waals surface area contributed by atoms with Crippen LogP contribution in [0.3, 0.4) is 0 Å². The van der Waals surface area contributed by atoms with Crippen LogP contribution in [0.1, 0.15) is 33.7 Å².